The zero-order valence-corrected chi connectivity index (χ0v) is 6.73. The first-order chi connectivity index (χ1) is 5.76. The van der Waals surface area contributed by atoms with Crippen molar-refractivity contribution in [2.75, 3.05) is 6.61 Å². The Morgan fingerprint density at radius 2 is 2.00 bits per heavy atom. The minimum absolute atomic E-state index is 0.0359. The third-order valence-electron chi connectivity index (χ3n) is 1.57. The SMILES string of the molecule is O=CCCC(=O)[C@@H](CO)CC=O. The van der Waals surface area contributed by atoms with Crippen molar-refractivity contribution in [3.8, 4) is 0 Å². The van der Waals surface area contributed by atoms with Gasteiger partial charge in [0, 0.05) is 25.2 Å². The van der Waals surface area contributed by atoms with Crippen LogP contribution in [0.15, 0.2) is 0 Å². The first-order valence-electron chi connectivity index (χ1n) is 3.77. The molecular formula is C8H12O4. The number of hydrogen-bond donors (Lipinski definition) is 1. The monoisotopic (exact) mass is 172 g/mol. The van der Waals surface area contributed by atoms with Crippen molar-refractivity contribution in [2.45, 2.75) is 19.3 Å². The summed E-state index contributed by atoms with van der Waals surface area (Å²) < 4.78 is 0. The van der Waals surface area contributed by atoms with E-state index in [2.05, 4.69) is 0 Å². The molecule has 12 heavy (non-hydrogen) atoms. The zero-order valence-electron chi connectivity index (χ0n) is 6.73. The smallest absolute Gasteiger partial charge is 0.139 e. The molecule has 0 aromatic heterocycles. The number of ketones is 1. The molecule has 4 heteroatoms. The van der Waals surface area contributed by atoms with Gasteiger partial charge in [-0.3, -0.25) is 4.79 Å². The van der Waals surface area contributed by atoms with Crippen LogP contribution >= 0.6 is 0 Å². The number of Topliss-reactive ketones (excluding diaryl/α,β-unsaturated/α-hetero) is 1. The molecule has 0 unspecified atom stereocenters. The highest BCUT2D eigenvalue weighted by Crippen LogP contribution is 2.05. The second kappa shape index (κ2) is 6.67. The van der Waals surface area contributed by atoms with Gasteiger partial charge in [-0.1, -0.05) is 0 Å². The lowest BCUT2D eigenvalue weighted by Crippen LogP contribution is -2.18. The maximum atomic E-state index is 11.0. The summed E-state index contributed by atoms with van der Waals surface area (Å²) in [4.78, 5) is 31.0. The summed E-state index contributed by atoms with van der Waals surface area (Å²) in [5.41, 5.74) is 0. The van der Waals surface area contributed by atoms with Gasteiger partial charge in [-0.2, -0.15) is 0 Å². The Bertz CT molecular complexity index is 164. The van der Waals surface area contributed by atoms with E-state index < -0.39 is 5.92 Å². The van der Waals surface area contributed by atoms with Crippen LogP contribution in [0.3, 0.4) is 0 Å². The van der Waals surface area contributed by atoms with Gasteiger partial charge >= 0.3 is 0 Å². The van der Waals surface area contributed by atoms with Crippen LogP contribution in [-0.4, -0.2) is 30.1 Å². The van der Waals surface area contributed by atoms with Crippen LogP contribution in [0.2, 0.25) is 0 Å². The molecule has 0 aliphatic rings. The molecule has 0 spiro atoms. The molecule has 0 aromatic rings. The fourth-order valence-electron chi connectivity index (χ4n) is 0.829. The van der Waals surface area contributed by atoms with E-state index in [0.29, 0.717) is 12.6 Å². The van der Waals surface area contributed by atoms with Gasteiger partial charge in [0.2, 0.25) is 0 Å². The fraction of sp³-hybridized carbons (Fsp3) is 0.625. The molecule has 0 heterocycles. The molecular weight excluding hydrogens is 160 g/mol. The van der Waals surface area contributed by atoms with Gasteiger partial charge in [-0.05, 0) is 0 Å². The Labute approximate surface area is 70.6 Å². The largest absolute Gasteiger partial charge is 0.396 e. The summed E-state index contributed by atoms with van der Waals surface area (Å²) >= 11 is 0. The van der Waals surface area contributed by atoms with Crippen molar-refractivity contribution in [3.05, 3.63) is 0 Å². The molecule has 0 saturated heterocycles. The standard InChI is InChI=1S/C8H12O4/c9-4-1-2-8(12)7(6-11)3-5-10/h4-5,7,11H,1-3,6H2/t7-/m1/s1. The van der Waals surface area contributed by atoms with E-state index in [4.69, 9.17) is 5.11 Å². The minimum atomic E-state index is -0.623. The third kappa shape index (κ3) is 3.98. The number of aldehydes is 2. The number of aliphatic hydroxyl groups excluding tert-OH is 1. The Morgan fingerprint density at radius 1 is 1.33 bits per heavy atom. The van der Waals surface area contributed by atoms with Gasteiger partial charge in [-0.25, -0.2) is 0 Å². The van der Waals surface area contributed by atoms with E-state index in [9.17, 15) is 14.4 Å². The van der Waals surface area contributed by atoms with Gasteiger partial charge < -0.3 is 14.7 Å². The molecule has 0 aliphatic carbocycles. The Hall–Kier alpha value is -1.03. The Balaban J connectivity index is 3.84. The van der Waals surface area contributed by atoms with Crippen LogP contribution in [0, 0.1) is 5.92 Å². The predicted molar refractivity (Wildman–Crippen MR) is 41.6 cm³/mol. The molecule has 68 valence electrons. The van der Waals surface area contributed by atoms with Crippen LogP contribution in [0.25, 0.3) is 0 Å². The summed E-state index contributed by atoms with van der Waals surface area (Å²) in [6, 6.07) is 0. The average Bonchev–Trinajstić information content (AvgIpc) is 2.10. The summed E-state index contributed by atoms with van der Waals surface area (Å²) in [5, 5.41) is 8.66. The third-order valence-corrected chi connectivity index (χ3v) is 1.57. The molecule has 0 aromatic carbocycles. The first-order valence-corrected chi connectivity index (χ1v) is 3.77. The second-order valence-electron chi connectivity index (χ2n) is 2.45. The van der Waals surface area contributed by atoms with Crippen molar-refractivity contribution in [2.24, 2.45) is 5.92 Å². The second-order valence-corrected chi connectivity index (χ2v) is 2.45. The zero-order chi connectivity index (χ0) is 9.40. The Morgan fingerprint density at radius 3 is 2.42 bits per heavy atom. The topological polar surface area (TPSA) is 71.4 Å². The summed E-state index contributed by atoms with van der Waals surface area (Å²) in [6.45, 7) is -0.323. The highest BCUT2D eigenvalue weighted by Gasteiger charge is 2.15. The highest BCUT2D eigenvalue weighted by atomic mass is 16.3. The average molecular weight is 172 g/mol. The molecule has 0 bridgehead atoms. The summed E-state index contributed by atoms with van der Waals surface area (Å²) in [6.07, 6.45) is 1.55. The molecule has 1 N–H and O–H groups in total. The summed E-state index contributed by atoms with van der Waals surface area (Å²) in [5.74, 6) is -0.848. The van der Waals surface area contributed by atoms with Crippen LogP contribution < -0.4 is 0 Å². The van der Waals surface area contributed by atoms with Gasteiger partial charge in [0.1, 0.15) is 18.4 Å². The van der Waals surface area contributed by atoms with Gasteiger partial charge in [-0.15, -0.1) is 0 Å². The fourth-order valence-corrected chi connectivity index (χ4v) is 0.829. The van der Waals surface area contributed by atoms with Gasteiger partial charge in [0.05, 0.1) is 6.61 Å². The lowest BCUT2D eigenvalue weighted by molar-refractivity contribution is -0.127. The normalized spacial score (nSPS) is 12.1. The lowest BCUT2D eigenvalue weighted by Gasteiger charge is -2.07. The molecule has 0 amide bonds. The van der Waals surface area contributed by atoms with Gasteiger partial charge in [0.25, 0.3) is 0 Å². The van der Waals surface area contributed by atoms with Crippen LogP contribution in [-0.2, 0) is 14.4 Å². The summed E-state index contributed by atoms with van der Waals surface area (Å²) in [7, 11) is 0. The minimum Gasteiger partial charge on any atom is -0.396 e. The van der Waals surface area contributed by atoms with Crippen molar-refractivity contribution >= 4 is 18.4 Å². The molecule has 0 radical (unpaired) electrons. The lowest BCUT2D eigenvalue weighted by atomic mass is 9.99. The quantitative estimate of drug-likeness (QED) is 0.537. The number of carbonyl (C=O) groups excluding carboxylic acids is 3. The first kappa shape index (κ1) is 11.0. The maximum absolute atomic E-state index is 11.0. The number of carbonyl (C=O) groups is 3. The van der Waals surface area contributed by atoms with Gasteiger partial charge in [0.15, 0.2) is 0 Å². The van der Waals surface area contributed by atoms with Crippen LogP contribution in [0.4, 0.5) is 0 Å². The van der Waals surface area contributed by atoms with E-state index >= 15 is 0 Å². The van der Waals surface area contributed by atoms with E-state index in [0.717, 1.165) is 0 Å². The van der Waals surface area contributed by atoms with Crippen molar-refractivity contribution < 1.29 is 19.5 Å². The van der Waals surface area contributed by atoms with Crippen molar-refractivity contribution in [1.82, 2.24) is 0 Å². The number of rotatable bonds is 7. The van der Waals surface area contributed by atoms with Crippen molar-refractivity contribution in [3.63, 3.8) is 0 Å². The maximum Gasteiger partial charge on any atom is 0.139 e. The van der Waals surface area contributed by atoms with E-state index in [1.165, 1.54) is 0 Å². The van der Waals surface area contributed by atoms with Crippen LogP contribution in [0.5, 0.6) is 0 Å². The highest BCUT2D eigenvalue weighted by molar-refractivity contribution is 5.84. The van der Waals surface area contributed by atoms with E-state index in [1.807, 2.05) is 0 Å². The number of aliphatic hydroxyl groups is 1. The molecule has 0 rings (SSSR count). The predicted octanol–water partition coefficient (Wildman–Crippen LogP) is -0.268. The van der Waals surface area contributed by atoms with E-state index in [1.54, 1.807) is 0 Å². The number of hydrogen-bond acceptors (Lipinski definition) is 4. The molecule has 1 atom stereocenters. The van der Waals surface area contributed by atoms with Crippen LogP contribution in [0.1, 0.15) is 19.3 Å². The molecule has 0 fully saturated rings. The van der Waals surface area contributed by atoms with Crippen molar-refractivity contribution in [1.29, 1.82) is 0 Å². The molecule has 0 saturated carbocycles. The van der Waals surface area contributed by atoms with E-state index in [-0.39, 0.29) is 31.7 Å². The molecule has 4 nitrogen and oxygen atoms in total. The molecule has 0 aliphatic heterocycles. The Kier molecular flexibility index (Phi) is 6.09.